The zero-order valence-electron chi connectivity index (χ0n) is 17.3. The molecule has 1 unspecified atom stereocenters. The van der Waals surface area contributed by atoms with Crippen LogP contribution in [0.25, 0.3) is 0 Å². The van der Waals surface area contributed by atoms with Gasteiger partial charge in [0.2, 0.25) is 5.78 Å². The Hall–Kier alpha value is -2.41. The third kappa shape index (κ3) is 7.31. The number of methoxy groups -OCH3 is 1. The summed E-state index contributed by atoms with van der Waals surface area (Å²) in [7, 11) is 1.39. The van der Waals surface area contributed by atoms with E-state index < -0.39 is 12.1 Å². The van der Waals surface area contributed by atoms with Crippen molar-refractivity contribution in [2.75, 3.05) is 20.3 Å². The summed E-state index contributed by atoms with van der Waals surface area (Å²) in [6, 6.07) is 1.82. The lowest BCUT2D eigenvalue weighted by molar-refractivity contribution is -0.154. The number of rotatable bonds is 13. The molecule has 0 aliphatic carbocycles. The number of hydrogen-bond donors (Lipinski definition) is 0. The van der Waals surface area contributed by atoms with Crippen molar-refractivity contribution >= 4 is 17.7 Å². The van der Waals surface area contributed by atoms with Crippen LogP contribution in [0.4, 0.5) is 0 Å². The van der Waals surface area contributed by atoms with Gasteiger partial charge < -0.3 is 18.8 Å². The van der Waals surface area contributed by atoms with Gasteiger partial charge in [0.05, 0.1) is 13.7 Å². The Balaban J connectivity index is 2.54. The van der Waals surface area contributed by atoms with Gasteiger partial charge in [-0.3, -0.25) is 9.59 Å². The van der Waals surface area contributed by atoms with Crippen LogP contribution < -0.4 is 0 Å². The molecule has 0 aliphatic heterocycles. The molecule has 28 heavy (non-hydrogen) atoms. The first-order chi connectivity index (χ1) is 13.3. The highest BCUT2D eigenvalue weighted by molar-refractivity contribution is 5.99. The molecular weight excluding hydrogens is 362 g/mol. The number of aromatic nitrogens is 1. The van der Waals surface area contributed by atoms with Crippen molar-refractivity contribution < 1.29 is 28.6 Å². The van der Waals surface area contributed by atoms with Crippen molar-refractivity contribution in [1.82, 2.24) is 4.57 Å². The van der Waals surface area contributed by atoms with Gasteiger partial charge in [-0.2, -0.15) is 0 Å². The fourth-order valence-corrected chi connectivity index (χ4v) is 2.86. The van der Waals surface area contributed by atoms with Crippen LogP contribution in [0, 0.1) is 13.8 Å². The van der Waals surface area contributed by atoms with E-state index in [9.17, 15) is 14.4 Å². The second-order valence-corrected chi connectivity index (χ2v) is 6.62. The van der Waals surface area contributed by atoms with Gasteiger partial charge in [0.25, 0.3) is 0 Å². The summed E-state index contributed by atoms with van der Waals surface area (Å²) in [5.41, 5.74) is 2.38. The smallest absolute Gasteiger partial charge is 0.335 e. The molecule has 1 aromatic heterocycles. The van der Waals surface area contributed by atoms with Crippen LogP contribution in [0.3, 0.4) is 0 Å². The van der Waals surface area contributed by atoms with Gasteiger partial charge in [0, 0.05) is 29.9 Å². The van der Waals surface area contributed by atoms with E-state index in [4.69, 9.17) is 9.47 Å². The topological polar surface area (TPSA) is 83.8 Å². The standard InChI is InChI=1S/C21H31NO6/c1-6-12-27-17(4)21(25)28-14-19(23)18-13-15(2)22(16(18)3)11-9-7-8-10-20(24)26-5/h6,13,17H,1,7-12,14H2,2-5H3. The number of nitrogens with zero attached hydrogens (tertiary/aromatic N) is 1. The Morgan fingerprint density at radius 1 is 1.21 bits per heavy atom. The Kier molecular flexibility index (Phi) is 10.2. The second-order valence-electron chi connectivity index (χ2n) is 6.62. The molecule has 1 rings (SSSR count). The molecule has 0 N–H and O–H groups in total. The first-order valence-corrected chi connectivity index (χ1v) is 9.47. The third-order valence-corrected chi connectivity index (χ3v) is 4.51. The quantitative estimate of drug-likeness (QED) is 0.222. The van der Waals surface area contributed by atoms with Gasteiger partial charge in [-0.1, -0.05) is 12.5 Å². The fraction of sp³-hybridized carbons (Fsp3) is 0.571. The van der Waals surface area contributed by atoms with Crippen molar-refractivity contribution in [2.45, 2.75) is 59.1 Å². The van der Waals surface area contributed by atoms with Gasteiger partial charge in [0.15, 0.2) is 12.7 Å². The predicted molar refractivity (Wildman–Crippen MR) is 105 cm³/mol. The molecule has 156 valence electrons. The van der Waals surface area contributed by atoms with E-state index in [1.54, 1.807) is 13.0 Å². The molecule has 0 aromatic carbocycles. The first-order valence-electron chi connectivity index (χ1n) is 9.47. The molecule has 0 amide bonds. The zero-order valence-corrected chi connectivity index (χ0v) is 17.3. The van der Waals surface area contributed by atoms with Crippen LogP contribution in [0.5, 0.6) is 0 Å². The summed E-state index contributed by atoms with van der Waals surface area (Å²) in [5.74, 6) is -1.01. The van der Waals surface area contributed by atoms with E-state index in [0.29, 0.717) is 12.0 Å². The van der Waals surface area contributed by atoms with Crippen LogP contribution >= 0.6 is 0 Å². The van der Waals surface area contributed by atoms with Crippen LogP contribution in [-0.2, 0) is 30.3 Å². The normalized spacial score (nSPS) is 11.7. The minimum atomic E-state index is -0.747. The van der Waals surface area contributed by atoms with E-state index in [1.807, 2.05) is 19.9 Å². The zero-order chi connectivity index (χ0) is 21.1. The number of esters is 2. The Morgan fingerprint density at radius 3 is 2.57 bits per heavy atom. The summed E-state index contributed by atoms with van der Waals surface area (Å²) < 4.78 is 17.0. The number of hydrogen-bond acceptors (Lipinski definition) is 6. The van der Waals surface area contributed by atoms with E-state index in [0.717, 1.165) is 37.2 Å². The summed E-state index contributed by atoms with van der Waals surface area (Å²) in [6.07, 6.45) is 3.79. The predicted octanol–water partition coefficient (Wildman–Crippen LogP) is 3.16. The lowest BCUT2D eigenvalue weighted by Gasteiger charge is -2.11. The Morgan fingerprint density at radius 2 is 1.93 bits per heavy atom. The average molecular weight is 393 g/mol. The molecule has 0 spiro atoms. The van der Waals surface area contributed by atoms with E-state index >= 15 is 0 Å². The van der Waals surface area contributed by atoms with Gasteiger partial charge >= 0.3 is 11.9 Å². The van der Waals surface area contributed by atoms with Crippen LogP contribution in [-0.4, -0.2) is 48.7 Å². The number of ketones is 1. The maximum atomic E-state index is 12.5. The maximum Gasteiger partial charge on any atom is 0.335 e. The summed E-state index contributed by atoms with van der Waals surface area (Å²) >= 11 is 0. The molecular formula is C21H31NO6. The SMILES string of the molecule is C=CCOC(C)C(=O)OCC(=O)c1cc(C)n(CCCCCC(=O)OC)c1C. The molecule has 7 nitrogen and oxygen atoms in total. The number of Topliss-reactive ketones (excluding diaryl/α,β-unsaturated/α-hetero) is 1. The van der Waals surface area contributed by atoms with Crippen molar-refractivity contribution in [3.8, 4) is 0 Å². The van der Waals surface area contributed by atoms with E-state index in [1.165, 1.54) is 7.11 Å². The summed E-state index contributed by atoms with van der Waals surface area (Å²) in [4.78, 5) is 35.4. The molecule has 0 aliphatic rings. The molecule has 7 heteroatoms. The van der Waals surface area contributed by atoms with Gasteiger partial charge in [0.1, 0.15) is 0 Å². The van der Waals surface area contributed by atoms with E-state index in [-0.39, 0.29) is 25.0 Å². The Labute approximate surface area is 166 Å². The van der Waals surface area contributed by atoms with E-state index in [2.05, 4.69) is 15.9 Å². The lowest BCUT2D eigenvalue weighted by atomic mass is 10.1. The van der Waals surface area contributed by atoms with Gasteiger partial charge in [-0.05, 0) is 39.7 Å². The number of ether oxygens (including phenoxy) is 3. The molecule has 0 saturated carbocycles. The molecule has 1 aromatic rings. The van der Waals surface area contributed by atoms with Crippen molar-refractivity contribution in [2.24, 2.45) is 0 Å². The molecule has 0 bridgehead atoms. The van der Waals surface area contributed by atoms with Crippen LogP contribution in [0.2, 0.25) is 0 Å². The van der Waals surface area contributed by atoms with Crippen molar-refractivity contribution in [3.05, 3.63) is 35.7 Å². The summed E-state index contributed by atoms with van der Waals surface area (Å²) in [5, 5.41) is 0. The third-order valence-electron chi connectivity index (χ3n) is 4.51. The monoisotopic (exact) mass is 393 g/mol. The van der Waals surface area contributed by atoms with Crippen LogP contribution in [0.1, 0.15) is 54.4 Å². The molecule has 1 atom stereocenters. The minimum absolute atomic E-state index is 0.194. The average Bonchev–Trinajstić information content (AvgIpc) is 2.97. The van der Waals surface area contributed by atoms with Gasteiger partial charge in [-0.25, -0.2) is 4.79 Å². The largest absolute Gasteiger partial charge is 0.469 e. The molecule has 0 radical (unpaired) electrons. The Bertz CT molecular complexity index is 691. The lowest BCUT2D eigenvalue weighted by Crippen LogP contribution is -2.26. The maximum absolute atomic E-state index is 12.5. The molecule has 1 heterocycles. The fourth-order valence-electron chi connectivity index (χ4n) is 2.86. The number of carbonyl (C=O) groups is 3. The van der Waals surface area contributed by atoms with Crippen molar-refractivity contribution in [3.63, 3.8) is 0 Å². The summed E-state index contributed by atoms with van der Waals surface area (Å²) in [6.45, 7) is 9.60. The number of unbranched alkanes of at least 4 members (excludes halogenated alkanes) is 2. The number of aryl methyl sites for hydroxylation is 1. The first kappa shape index (κ1) is 23.6. The molecule has 0 saturated heterocycles. The van der Waals surface area contributed by atoms with Gasteiger partial charge in [-0.15, -0.1) is 6.58 Å². The van der Waals surface area contributed by atoms with Crippen LogP contribution in [0.15, 0.2) is 18.7 Å². The highest BCUT2D eigenvalue weighted by Gasteiger charge is 2.20. The van der Waals surface area contributed by atoms with Crippen molar-refractivity contribution in [1.29, 1.82) is 0 Å². The highest BCUT2D eigenvalue weighted by atomic mass is 16.6. The second kappa shape index (κ2) is 12.1. The highest BCUT2D eigenvalue weighted by Crippen LogP contribution is 2.17. The molecule has 0 fully saturated rings. The minimum Gasteiger partial charge on any atom is -0.469 e. The number of carbonyl (C=O) groups excluding carboxylic acids is 3.